The molecule has 2 bridgehead atoms. The number of amides is 1. The van der Waals surface area contributed by atoms with Crippen LogP contribution in [0.15, 0.2) is 30.3 Å². The minimum absolute atomic E-state index is 0.0136. The lowest BCUT2D eigenvalue weighted by molar-refractivity contribution is -0.183. The average Bonchev–Trinajstić information content (AvgIpc) is 3.17. The van der Waals surface area contributed by atoms with Crippen molar-refractivity contribution in [3.8, 4) is 0 Å². The zero-order chi connectivity index (χ0) is 17.8. The Morgan fingerprint density at radius 2 is 1.96 bits per heavy atom. The van der Waals surface area contributed by atoms with Crippen LogP contribution in [0.1, 0.15) is 12.0 Å². The first kappa shape index (κ1) is 16.6. The molecule has 26 heavy (non-hydrogen) atoms. The Hall–Kier alpha value is -1.51. The van der Waals surface area contributed by atoms with Gasteiger partial charge < -0.3 is 9.64 Å². The molecule has 7 nitrogen and oxygen atoms in total. The van der Waals surface area contributed by atoms with Gasteiger partial charge >= 0.3 is 0 Å². The number of hydrogen-bond donors (Lipinski definition) is 0. The fourth-order valence-corrected chi connectivity index (χ4v) is 5.09. The first-order valence-corrected chi connectivity index (χ1v) is 9.35. The average molecular weight is 359 g/mol. The maximum Gasteiger partial charge on any atom is 0.230 e. The number of carbonyl (C=O) groups excluding carboxylic acids is 1. The molecule has 6 atom stereocenters. The fraction of sp³-hybridized carbons (Fsp3) is 0.632. The molecule has 0 aliphatic carbocycles. The first-order chi connectivity index (χ1) is 12.6. The van der Waals surface area contributed by atoms with Crippen molar-refractivity contribution in [2.45, 2.75) is 43.4 Å². The number of fused-ring (bicyclic) bond motifs is 5. The summed E-state index contributed by atoms with van der Waals surface area (Å²) in [7, 11) is 3.88. The second kappa shape index (κ2) is 6.28. The first-order valence-electron chi connectivity index (χ1n) is 9.35. The van der Waals surface area contributed by atoms with Gasteiger partial charge in [-0.3, -0.25) is 14.5 Å². The Morgan fingerprint density at radius 1 is 1.15 bits per heavy atom. The van der Waals surface area contributed by atoms with Gasteiger partial charge in [0.2, 0.25) is 5.91 Å². The van der Waals surface area contributed by atoms with E-state index in [1.165, 1.54) is 0 Å². The molecule has 1 aromatic rings. The van der Waals surface area contributed by atoms with Gasteiger partial charge in [-0.05, 0) is 12.0 Å². The summed E-state index contributed by atoms with van der Waals surface area (Å²) in [6.45, 7) is 1.60. The van der Waals surface area contributed by atoms with Crippen LogP contribution in [-0.2, 0) is 25.8 Å². The number of rotatable bonds is 3. The molecule has 0 unspecified atom stereocenters. The summed E-state index contributed by atoms with van der Waals surface area (Å²) < 4.78 is 6.47. The number of ether oxygens (including phenoxy) is 1. The van der Waals surface area contributed by atoms with Crippen molar-refractivity contribution in [3.63, 3.8) is 0 Å². The molecule has 0 saturated carbocycles. The number of piperidine rings is 2. The summed E-state index contributed by atoms with van der Waals surface area (Å²) in [5.74, 6) is 0.0114. The quantitative estimate of drug-likeness (QED) is 0.791. The molecule has 0 radical (unpaired) electrons. The van der Waals surface area contributed by atoms with Crippen molar-refractivity contribution >= 4 is 5.91 Å². The molecular weight excluding hydrogens is 334 g/mol. The molecule has 4 fully saturated rings. The predicted molar refractivity (Wildman–Crippen MR) is 92.6 cm³/mol. The van der Waals surface area contributed by atoms with Crippen LogP contribution in [0.25, 0.3) is 0 Å². The molecule has 4 heterocycles. The largest absolute Gasteiger partial charge is 0.370 e. The highest BCUT2D eigenvalue weighted by molar-refractivity contribution is 5.82. The molecule has 4 saturated heterocycles. The van der Waals surface area contributed by atoms with E-state index in [1.807, 2.05) is 47.3 Å². The molecule has 4 aliphatic rings. The van der Waals surface area contributed by atoms with E-state index in [-0.39, 0.29) is 42.2 Å². The molecule has 5 rings (SSSR count). The summed E-state index contributed by atoms with van der Waals surface area (Å²) >= 11 is 0. The predicted octanol–water partition coefficient (Wildman–Crippen LogP) is 0.662. The molecule has 1 aromatic carbocycles. The van der Waals surface area contributed by atoms with E-state index in [9.17, 15) is 4.79 Å². The monoisotopic (exact) mass is 359 g/mol. The zero-order valence-electron chi connectivity index (χ0n) is 15.2. The number of benzene rings is 1. The van der Waals surface area contributed by atoms with Crippen LogP contribution in [0.3, 0.4) is 0 Å². The lowest BCUT2D eigenvalue weighted by atomic mass is 9.79. The standard InChI is InChI=1S/C19H25N3O4/c1-20-15-8-13(26-20)9-22-17(15)18(24-10-12-6-4-3-5-7-12)16-14(19(22)23)11-25-21(16)2/h3-7,13-18H,8-11H2,1-2H3/t13-,14+,15+,16-,17+,18+/m1/s1. The Morgan fingerprint density at radius 3 is 2.77 bits per heavy atom. The van der Waals surface area contributed by atoms with E-state index in [2.05, 4.69) is 12.1 Å². The van der Waals surface area contributed by atoms with E-state index >= 15 is 0 Å². The third-order valence-electron chi connectivity index (χ3n) is 6.29. The van der Waals surface area contributed by atoms with E-state index in [4.69, 9.17) is 14.4 Å². The summed E-state index contributed by atoms with van der Waals surface area (Å²) in [5, 5.41) is 3.76. The van der Waals surface area contributed by atoms with Crippen molar-refractivity contribution in [1.29, 1.82) is 0 Å². The van der Waals surface area contributed by atoms with Crippen LogP contribution in [0.4, 0.5) is 0 Å². The molecular formula is C19H25N3O4. The Kier molecular flexibility index (Phi) is 4.02. The van der Waals surface area contributed by atoms with Crippen LogP contribution in [-0.4, -0.2) is 78.5 Å². The Labute approximate surface area is 153 Å². The number of hydrogen-bond acceptors (Lipinski definition) is 6. The van der Waals surface area contributed by atoms with Crippen molar-refractivity contribution < 1.29 is 19.2 Å². The third kappa shape index (κ3) is 2.50. The molecule has 0 aromatic heterocycles. The summed E-state index contributed by atoms with van der Waals surface area (Å²) in [6.07, 6.45) is 0.926. The van der Waals surface area contributed by atoms with Crippen molar-refractivity contribution in [2.24, 2.45) is 5.92 Å². The van der Waals surface area contributed by atoms with E-state index in [0.29, 0.717) is 19.8 Å². The minimum atomic E-state index is -0.167. The lowest BCUT2D eigenvalue weighted by Crippen LogP contribution is -2.70. The molecule has 7 heteroatoms. The fourth-order valence-electron chi connectivity index (χ4n) is 5.09. The maximum absolute atomic E-state index is 13.1. The normalized spacial score (nSPS) is 39.9. The second-order valence-corrected chi connectivity index (χ2v) is 7.76. The summed E-state index contributed by atoms with van der Waals surface area (Å²) in [6, 6.07) is 10.3. The third-order valence-corrected chi connectivity index (χ3v) is 6.29. The van der Waals surface area contributed by atoms with Crippen molar-refractivity contribution in [3.05, 3.63) is 35.9 Å². The molecule has 1 amide bonds. The maximum atomic E-state index is 13.1. The van der Waals surface area contributed by atoms with Crippen LogP contribution >= 0.6 is 0 Å². The van der Waals surface area contributed by atoms with Gasteiger partial charge in [0.15, 0.2) is 0 Å². The van der Waals surface area contributed by atoms with E-state index < -0.39 is 0 Å². The van der Waals surface area contributed by atoms with Crippen LogP contribution in [0.5, 0.6) is 0 Å². The highest BCUT2D eigenvalue weighted by Gasteiger charge is 2.60. The summed E-state index contributed by atoms with van der Waals surface area (Å²) in [5.41, 5.74) is 1.14. The molecule has 4 aliphatic heterocycles. The Balaban J connectivity index is 1.47. The highest BCUT2D eigenvalue weighted by atomic mass is 16.7. The zero-order valence-corrected chi connectivity index (χ0v) is 15.2. The number of nitrogens with zero attached hydrogens (tertiary/aromatic N) is 3. The Bertz CT molecular complexity index is 687. The van der Waals surface area contributed by atoms with Crippen LogP contribution in [0.2, 0.25) is 0 Å². The molecule has 0 spiro atoms. The van der Waals surface area contributed by atoms with Gasteiger partial charge in [-0.2, -0.15) is 10.1 Å². The highest BCUT2D eigenvalue weighted by Crippen LogP contribution is 2.42. The molecule has 140 valence electrons. The number of carbonyl (C=O) groups is 1. The van der Waals surface area contributed by atoms with E-state index in [1.54, 1.807) is 0 Å². The SMILES string of the molecule is CN1OC[C@@H]2C(=O)N3C[C@H]4C[C@@H]([C@H]3[C@@H](OCc3ccccc3)[C@@H]21)N(C)O4. The summed E-state index contributed by atoms with van der Waals surface area (Å²) in [4.78, 5) is 26.8. The van der Waals surface area contributed by atoms with Gasteiger partial charge in [0.05, 0.1) is 49.5 Å². The minimum Gasteiger partial charge on any atom is -0.370 e. The van der Waals surface area contributed by atoms with Gasteiger partial charge in [0.25, 0.3) is 0 Å². The van der Waals surface area contributed by atoms with E-state index in [0.717, 1.165) is 12.0 Å². The van der Waals surface area contributed by atoms with Gasteiger partial charge in [-0.25, -0.2) is 0 Å². The lowest BCUT2D eigenvalue weighted by Gasteiger charge is -2.50. The molecule has 0 N–H and O–H groups in total. The van der Waals surface area contributed by atoms with Crippen LogP contribution < -0.4 is 0 Å². The van der Waals surface area contributed by atoms with Crippen LogP contribution in [0, 0.1) is 5.92 Å². The van der Waals surface area contributed by atoms with Crippen molar-refractivity contribution in [1.82, 2.24) is 15.0 Å². The topological polar surface area (TPSA) is 54.5 Å². The van der Waals surface area contributed by atoms with Gasteiger partial charge in [-0.15, -0.1) is 0 Å². The number of hydroxylamine groups is 4. The van der Waals surface area contributed by atoms with Crippen molar-refractivity contribution in [2.75, 3.05) is 27.2 Å². The van der Waals surface area contributed by atoms with Gasteiger partial charge in [-0.1, -0.05) is 30.3 Å². The number of likely N-dealkylation sites (N-methyl/N-ethyl adjacent to an activating group) is 2. The second-order valence-electron chi connectivity index (χ2n) is 7.76. The van der Waals surface area contributed by atoms with Gasteiger partial charge in [0, 0.05) is 20.6 Å². The van der Waals surface area contributed by atoms with Gasteiger partial charge in [0.1, 0.15) is 0 Å². The smallest absolute Gasteiger partial charge is 0.230 e.